The van der Waals surface area contributed by atoms with Crippen molar-refractivity contribution in [3.8, 4) is 11.8 Å². The molecule has 0 radical (unpaired) electrons. The predicted molar refractivity (Wildman–Crippen MR) is 50.1 cm³/mol. The Morgan fingerprint density at radius 1 is 1.54 bits per heavy atom. The fraction of sp³-hybridized carbons (Fsp3) is 0.200. The summed E-state index contributed by atoms with van der Waals surface area (Å²) in [7, 11) is 0. The molecule has 0 aliphatic rings. The average molecular weight is 199 g/mol. The molecule has 3 heteroatoms. The van der Waals surface area contributed by atoms with E-state index in [9.17, 15) is 4.39 Å². The highest BCUT2D eigenvalue weighted by Gasteiger charge is 2.05. The van der Waals surface area contributed by atoms with Gasteiger partial charge in [0.25, 0.3) is 0 Å². The molecule has 0 heterocycles. The molecule has 0 aromatic heterocycles. The maximum Gasteiger partial charge on any atom is 0.127 e. The lowest BCUT2D eigenvalue weighted by molar-refractivity contribution is 0.350. The van der Waals surface area contributed by atoms with Crippen LogP contribution in [0.2, 0.25) is 5.02 Å². The van der Waals surface area contributed by atoms with Gasteiger partial charge in [-0.25, -0.2) is 4.39 Å². The largest absolute Gasteiger partial charge is 0.384 e. The molecule has 1 N–H and O–H groups in total. The van der Waals surface area contributed by atoms with Gasteiger partial charge in [-0.05, 0) is 19.1 Å². The molecule has 0 unspecified atom stereocenters. The number of aliphatic hydroxyl groups is 1. The first kappa shape index (κ1) is 10.0. The van der Waals surface area contributed by atoms with E-state index in [0.29, 0.717) is 16.1 Å². The van der Waals surface area contributed by atoms with Crippen LogP contribution in [0.5, 0.6) is 0 Å². The van der Waals surface area contributed by atoms with E-state index in [1.807, 2.05) is 0 Å². The van der Waals surface area contributed by atoms with Gasteiger partial charge >= 0.3 is 0 Å². The third-order valence-corrected chi connectivity index (χ3v) is 2.11. The van der Waals surface area contributed by atoms with Gasteiger partial charge in [-0.3, -0.25) is 0 Å². The first-order valence-corrected chi connectivity index (χ1v) is 4.09. The van der Waals surface area contributed by atoms with Crippen molar-refractivity contribution in [1.29, 1.82) is 0 Å². The number of rotatable bonds is 0. The first-order chi connectivity index (χ1) is 6.16. The number of benzene rings is 1. The summed E-state index contributed by atoms with van der Waals surface area (Å²) in [5.41, 5.74) is 0.918. The van der Waals surface area contributed by atoms with E-state index in [1.54, 1.807) is 6.92 Å². The maximum absolute atomic E-state index is 12.9. The number of hydrogen-bond acceptors (Lipinski definition) is 1. The van der Waals surface area contributed by atoms with Gasteiger partial charge in [0.2, 0.25) is 0 Å². The molecule has 0 saturated carbocycles. The Bertz CT molecular complexity index is 376. The van der Waals surface area contributed by atoms with Crippen molar-refractivity contribution in [2.75, 3.05) is 6.61 Å². The van der Waals surface area contributed by atoms with Crippen molar-refractivity contribution >= 4 is 11.6 Å². The molecular formula is C10H8ClFO. The van der Waals surface area contributed by atoms with Crippen LogP contribution in [0.25, 0.3) is 0 Å². The molecule has 0 bridgehead atoms. The Kier molecular flexibility index (Phi) is 3.30. The molecular weight excluding hydrogens is 191 g/mol. The fourth-order valence-electron chi connectivity index (χ4n) is 0.893. The van der Waals surface area contributed by atoms with Crippen molar-refractivity contribution in [2.45, 2.75) is 6.92 Å². The Morgan fingerprint density at radius 3 is 2.85 bits per heavy atom. The van der Waals surface area contributed by atoms with Gasteiger partial charge in [0.15, 0.2) is 0 Å². The molecule has 0 aliphatic heterocycles. The highest BCUT2D eigenvalue weighted by molar-refractivity contribution is 6.32. The highest BCUT2D eigenvalue weighted by atomic mass is 35.5. The maximum atomic E-state index is 12.9. The van der Waals surface area contributed by atoms with E-state index in [1.165, 1.54) is 12.1 Å². The lowest BCUT2D eigenvalue weighted by Crippen LogP contribution is -1.87. The standard InChI is InChI=1S/C10H8ClFO/c1-7-9(12)5-4-8(10(7)11)3-2-6-13/h4-5,13H,6H2,1H3. The van der Waals surface area contributed by atoms with Crippen LogP contribution in [0, 0.1) is 24.6 Å². The molecule has 0 amide bonds. The zero-order valence-corrected chi connectivity index (χ0v) is 7.82. The topological polar surface area (TPSA) is 20.2 Å². The Labute approximate surface area is 81.2 Å². The predicted octanol–water partition coefficient (Wildman–Crippen LogP) is 2.13. The van der Waals surface area contributed by atoms with Gasteiger partial charge in [0.05, 0.1) is 5.02 Å². The van der Waals surface area contributed by atoms with Crippen molar-refractivity contribution < 1.29 is 9.50 Å². The quantitative estimate of drug-likeness (QED) is 0.634. The van der Waals surface area contributed by atoms with Crippen LogP contribution in [-0.2, 0) is 0 Å². The fourth-order valence-corrected chi connectivity index (χ4v) is 1.09. The summed E-state index contributed by atoms with van der Waals surface area (Å²) >= 11 is 5.81. The Hall–Kier alpha value is -1.04. The lowest BCUT2D eigenvalue weighted by atomic mass is 10.1. The van der Waals surface area contributed by atoms with Gasteiger partial charge < -0.3 is 5.11 Å². The van der Waals surface area contributed by atoms with E-state index in [0.717, 1.165) is 0 Å². The van der Waals surface area contributed by atoms with Gasteiger partial charge in [0, 0.05) is 11.1 Å². The lowest BCUT2D eigenvalue weighted by Gasteiger charge is -2.01. The SMILES string of the molecule is Cc1c(F)ccc(C#CCO)c1Cl. The molecule has 1 rings (SSSR count). The van der Waals surface area contributed by atoms with Crippen LogP contribution in [0.1, 0.15) is 11.1 Å². The van der Waals surface area contributed by atoms with Gasteiger partial charge in [-0.15, -0.1) is 0 Å². The van der Waals surface area contributed by atoms with Gasteiger partial charge in [-0.1, -0.05) is 23.4 Å². The molecule has 0 saturated heterocycles. The Balaban J connectivity index is 3.18. The van der Waals surface area contributed by atoms with Crippen LogP contribution in [0.3, 0.4) is 0 Å². The summed E-state index contributed by atoms with van der Waals surface area (Å²) in [4.78, 5) is 0. The molecule has 68 valence electrons. The monoisotopic (exact) mass is 198 g/mol. The summed E-state index contributed by atoms with van der Waals surface area (Å²) in [6.07, 6.45) is 0. The zero-order valence-electron chi connectivity index (χ0n) is 7.06. The van der Waals surface area contributed by atoms with Crippen LogP contribution >= 0.6 is 11.6 Å². The minimum Gasteiger partial charge on any atom is -0.384 e. The van der Waals surface area contributed by atoms with Crippen molar-refractivity contribution in [3.05, 3.63) is 34.1 Å². The molecule has 0 aliphatic carbocycles. The molecule has 0 atom stereocenters. The number of aliphatic hydroxyl groups excluding tert-OH is 1. The third-order valence-electron chi connectivity index (χ3n) is 1.62. The number of halogens is 2. The molecule has 13 heavy (non-hydrogen) atoms. The van der Waals surface area contributed by atoms with Crippen molar-refractivity contribution in [2.24, 2.45) is 0 Å². The van der Waals surface area contributed by atoms with Crippen LogP contribution < -0.4 is 0 Å². The van der Waals surface area contributed by atoms with E-state index < -0.39 is 0 Å². The van der Waals surface area contributed by atoms with Gasteiger partial charge in [0.1, 0.15) is 12.4 Å². The van der Waals surface area contributed by atoms with E-state index in [-0.39, 0.29) is 12.4 Å². The normalized spacial score (nSPS) is 9.23. The summed E-state index contributed by atoms with van der Waals surface area (Å²) in [6, 6.07) is 2.80. The Morgan fingerprint density at radius 2 is 2.23 bits per heavy atom. The molecule has 1 aromatic carbocycles. The van der Waals surface area contributed by atoms with Crippen LogP contribution in [-0.4, -0.2) is 11.7 Å². The molecule has 1 nitrogen and oxygen atoms in total. The second-order valence-corrected chi connectivity index (χ2v) is 2.87. The second-order valence-electron chi connectivity index (χ2n) is 2.49. The summed E-state index contributed by atoms with van der Waals surface area (Å²) in [5, 5.41) is 8.76. The minimum absolute atomic E-state index is 0.229. The van der Waals surface area contributed by atoms with Crippen molar-refractivity contribution in [1.82, 2.24) is 0 Å². The highest BCUT2D eigenvalue weighted by Crippen LogP contribution is 2.22. The van der Waals surface area contributed by atoms with Crippen LogP contribution in [0.15, 0.2) is 12.1 Å². The average Bonchev–Trinajstić information content (AvgIpc) is 2.13. The first-order valence-electron chi connectivity index (χ1n) is 3.71. The molecule has 1 aromatic rings. The van der Waals surface area contributed by atoms with Crippen molar-refractivity contribution in [3.63, 3.8) is 0 Å². The summed E-state index contributed by atoms with van der Waals surface area (Å²) < 4.78 is 12.9. The second kappa shape index (κ2) is 4.27. The smallest absolute Gasteiger partial charge is 0.127 e. The third kappa shape index (κ3) is 2.21. The van der Waals surface area contributed by atoms with E-state index >= 15 is 0 Å². The van der Waals surface area contributed by atoms with E-state index in [4.69, 9.17) is 16.7 Å². The summed E-state index contributed by atoms with van der Waals surface area (Å²) in [5.74, 6) is 4.74. The van der Waals surface area contributed by atoms with Gasteiger partial charge in [-0.2, -0.15) is 0 Å². The summed E-state index contributed by atoms with van der Waals surface area (Å²) in [6.45, 7) is 1.36. The van der Waals surface area contributed by atoms with E-state index in [2.05, 4.69) is 11.8 Å². The number of hydrogen-bond donors (Lipinski definition) is 1. The molecule has 0 spiro atoms. The molecule has 0 fully saturated rings. The zero-order chi connectivity index (χ0) is 9.84. The minimum atomic E-state index is -0.348. The van der Waals surface area contributed by atoms with Crippen LogP contribution in [0.4, 0.5) is 4.39 Å².